The summed E-state index contributed by atoms with van der Waals surface area (Å²) in [5.41, 5.74) is -5.15. The lowest BCUT2D eigenvalue weighted by Gasteiger charge is -2.31. The highest BCUT2D eigenvalue weighted by Crippen LogP contribution is 2.28. The molecule has 1 atom stereocenters. The lowest BCUT2D eigenvalue weighted by atomic mass is 9.86. The second-order valence-corrected chi connectivity index (χ2v) is 11.5. The van der Waals surface area contributed by atoms with Gasteiger partial charge in [-0.25, -0.2) is 13.1 Å². The summed E-state index contributed by atoms with van der Waals surface area (Å²) in [5, 5.41) is 7.90. The smallest absolute Gasteiger partial charge is 0.346 e. The minimum Gasteiger partial charge on any atom is -0.346 e. The maximum Gasteiger partial charge on any atom is 0.511 e. The van der Waals surface area contributed by atoms with Gasteiger partial charge >= 0.3 is 15.5 Å². The molecule has 1 aliphatic carbocycles. The molecule has 1 heterocycles. The van der Waals surface area contributed by atoms with Crippen LogP contribution >= 0.6 is 0 Å². The van der Waals surface area contributed by atoms with Gasteiger partial charge in [-0.15, -0.1) is 0 Å². The first-order chi connectivity index (χ1) is 15.3. The number of para-hydroxylation sites is 1. The van der Waals surface area contributed by atoms with E-state index in [2.05, 4.69) is 10.4 Å². The lowest BCUT2D eigenvalue weighted by molar-refractivity contribution is -0.0448. The van der Waals surface area contributed by atoms with Gasteiger partial charge in [0.1, 0.15) is 0 Å². The Morgan fingerprint density at radius 3 is 2.39 bits per heavy atom. The minimum absolute atomic E-state index is 0.175. The SMILES string of the molecule is CC(C)(C)C(CNS(=O)(=O)C(F)(F)F)NC(=O)c1nn(CC2CCCCC2)c2ccccc12. The molecule has 33 heavy (non-hydrogen) atoms. The van der Waals surface area contributed by atoms with Gasteiger partial charge < -0.3 is 5.32 Å². The van der Waals surface area contributed by atoms with Gasteiger partial charge in [0.15, 0.2) is 5.69 Å². The summed E-state index contributed by atoms with van der Waals surface area (Å²) in [6.07, 6.45) is 5.81. The molecule has 0 saturated heterocycles. The molecule has 11 heteroatoms. The third kappa shape index (κ3) is 6.06. The zero-order valence-electron chi connectivity index (χ0n) is 19.1. The molecule has 7 nitrogen and oxygen atoms in total. The predicted octanol–water partition coefficient (Wildman–Crippen LogP) is 4.20. The second kappa shape index (κ2) is 9.61. The van der Waals surface area contributed by atoms with Crippen molar-refractivity contribution in [3.8, 4) is 0 Å². The van der Waals surface area contributed by atoms with E-state index in [1.807, 2.05) is 16.8 Å². The lowest BCUT2D eigenvalue weighted by Crippen LogP contribution is -2.52. The Bertz CT molecular complexity index is 1080. The number of hydrogen-bond donors (Lipinski definition) is 2. The summed E-state index contributed by atoms with van der Waals surface area (Å²) in [5.74, 6) is -0.0724. The van der Waals surface area contributed by atoms with E-state index in [1.165, 1.54) is 19.3 Å². The van der Waals surface area contributed by atoms with Crippen LogP contribution in [0.1, 0.15) is 63.4 Å². The number of amides is 1. The van der Waals surface area contributed by atoms with Crippen LogP contribution in [0.2, 0.25) is 0 Å². The number of carbonyl (C=O) groups is 1. The molecular weight excluding hydrogens is 457 g/mol. The van der Waals surface area contributed by atoms with Crippen LogP contribution in [0, 0.1) is 11.3 Å². The largest absolute Gasteiger partial charge is 0.511 e. The predicted molar refractivity (Wildman–Crippen MR) is 120 cm³/mol. The van der Waals surface area contributed by atoms with Crippen LogP contribution in [0.25, 0.3) is 10.9 Å². The Morgan fingerprint density at radius 1 is 1.15 bits per heavy atom. The molecule has 1 unspecified atom stereocenters. The van der Waals surface area contributed by atoms with Gasteiger partial charge in [0, 0.05) is 24.5 Å². The summed E-state index contributed by atoms with van der Waals surface area (Å²) in [6, 6.07) is 6.44. The summed E-state index contributed by atoms with van der Waals surface area (Å²) in [4.78, 5) is 13.2. The van der Waals surface area contributed by atoms with Crippen molar-refractivity contribution in [2.24, 2.45) is 11.3 Å². The first-order valence-corrected chi connectivity index (χ1v) is 12.6. The molecule has 1 aromatic carbocycles. The second-order valence-electron chi connectivity index (χ2n) is 9.74. The van der Waals surface area contributed by atoms with E-state index in [-0.39, 0.29) is 5.69 Å². The molecule has 1 amide bonds. The average molecular weight is 489 g/mol. The molecule has 1 saturated carbocycles. The van der Waals surface area contributed by atoms with Crippen LogP contribution in [0.15, 0.2) is 24.3 Å². The zero-order chi connectivity index (χ0) is 24.4. The van der Waals surface area contributed by atoms with Crippen molar-refractivity contribution in [2.75, 3.05) is 6.54 Å². The van der Waals surface area contributed by atoms with Crippen LogP contribution in [0.5, 0.6) is 0 Å². The number of carbonyl (C=O) groups excluding carboxylic acids is 1. The monoisotopic (exact) mass is 488 g/mol. The summed E-state index contributed by atoms with van der Waals surface area (Å²) < 4.78 is 64.5. The molecule has 2 N–H and O–H groups in total. The van der Waals surface area contributed by atoms with E-state index >= 15 is 0 Å². The molecule has 1 fully saturated rings. The van der Waals surface area contributed by atoms with Crippen molar-refractivity contribution in [1.82, 2.24) is 19.8 Å². The van der Waals surface area contributed by atoms with Crippen LogP contribution in [-0.4, -0.2) is 42.2 Å². The molecule has 3 rings (SSSR count). The quantitative estimate of drug-likeness (QED) is 0.611. The maximum absolute atomic E-state index is 13.2. The van der Waals surface area contributed by atoms with Gasteiger partial charge in [0.25, 0.3) is 5.91 Å². The molecule has 2 aromatic rings. The fraction of sp³-hybridized carbons (Fsp3) is 0.636. The first kappa shape index (κ1) is 25.5. The van der Waals surface area contributed by atoms with Crippen LogP contribution in [-0.2, 0) is 16.6 Å². The third-order valence-electron chi connectivity index (χ3n) is 6.16. The number of aromatic nitrogens is 2. The van der Waals surface area contributed by atoms with Crippen molar-refractivity contribution < 1.29 is 26.4 Å². The first-order valence-electron chi connectivity index (χ1n) is 11.1. The summed E-state index contributed by atoms with van der Waals surface area (Å²) in [6.45, 7) is 5.22. The molecule has 1 aliphatic rings. The van der Waals surface area contributed by atoms with Gasteiger partial charge in [-0.3, -0.25) is 9.48 Å². The summed E-state index contributed by atoms with van der Waals surface area (Å²) >= 11 is 0. The van der Waals surface area contributed by atoms with E-state index in [1.54, 1.807) is 37.6 Å². The van der Waals surface area contributed by atoms with Gasteiger partial charge in [-0.1, -0.05) is 58.2 Å². The zero-order valence-corrected chi connectivity index (χ0v) is 19.9. The third-order valence-corrected chi connectivity index (χ3v) is 7.32. The minimum atomic E-state index is -5.52. The molecule has 0 aliphatic heterocycles. The van der Waals surface area contributed by atoms with E-state index in [0.717, 1.165) is 18.4 Å². The van der Waals surface area contributed by atoms with Crippen LogP contribution in [0.3, 0.4) is 0 Å². The van der Waals surface area contributed by atoms with Crippen molar-refractivity contribution >= 4 is 26.8 Å². The summed E-state index contributed by atoms with van der Waals surface area (Å²) in [7, 11) is -5.52. The fourth-order valence-electron chi connectivity index (χ4n) is 4.12. The number of rotatable bonds is 7. The fourth-order valence-corrected chi connectivity index (χ4v) is 4.67. The number of benzene rings is 1. The van der Waals surface area contributed by atoms with Gasteiger partial charge in [0.2, 0.25) is 0 Å². The van der Waals surface area contributed by atoms with E-state index in [9.17, 15) is 26.4 Å². The number of fused-ring (bicyclic) bond motifs is 1. The Balaban J connectivity index is 1.83. The highest BCUT2D eigenvalue weighted by atomic mass is 32.2. The molecule has 0 spiro atoms. The van der Waals surface area contributed by atoms with Gasteiger partial charge in [-0.2, -0.15) is 18.3 Å². The molecular formula is C22H31F3N4O3S. The number of nitrogens with zero attached hydrogens (tertiary/aromatic N) is 2. The molecule has 0 radical (unpaired) electrons. The standard InChI is InChI=1S/C22H31F3N4O3S/c1-21(2,3)18(13-26-33(31,32)22(23,24)25)27-20(30)19-16-11-7-8-12-17(16)29(28-19)14-15-9-5-4-6-10-15/h7-8,11-12,15,18,26H,4-6,9-10,13-14H2,1-3H3,(H,27,30). The van der Waals surface area contributed by atoms with Crippen molar-refractivity contribution in [2.45, 2.75) is 71.0 Å². The van der Waals surface area contributed by atoms with Crippen molar-refractivity contribution in [3.05, 3.63) is 30.0 Å². The Labute approximate surface area is 192 Å². The van der Waals surface area contributed by atoms with Gasteiger partial charge in [0.05, 0.1) is 5.52 Å². The number of alkyl halides is 3. The van der Waals surface area contributed by atoms with Crippen LogP contribution < -0.4 is 10.0 Å². The number of sulfonamides is 1. The van der Waals surface area contributed by atoms with Crippen molar-refractivity contribution in [3.63, 3.8) is 0 Å². The van der Waals surface area contributed by atoms with Gasteiger partial charge in [-0.05, 0) is 30.2 Å². The topological polar surface area (TPSA) is 93.1 Å². The number of halogens is 3. The number of hydrogen-bond acceptors (Lipinski definition) is 4. The Kier molecular flexibility index (Phi) is 7.42. The average Bonchev–Trinajstić information content (AvgIpc) is 3.09. The van der Waals surface area contributed by atoms with E-state index in [4.69, 9.17) is 0 Å². The Morgan fingerprint density at radius 2 is 1.79 bits per heavy atom. The van der Waals surface area contributed by atoms with E-state index < -0.39 is 39.4 Å². The molecule has 0 bridgehead atoms. The molecule has 1 aromatic heterocycles. The maximum atomic E-state index is 13.2. The van der Waals surface area contributed by atoms with Crippen LogP contribution in [0.4, 0.5) is 13.2 Å². The number of nitrogens with one attached hydrogen (secondary N) is 2. The van der Waals surface area contributed by atoms with E-state index in [0.29, 0.717) is 17.8 Å². The normalized spacial score (nSPS) is 17.3. The highest BCUT2D eigenvalue weighted by molar-refractivity contribution is 7.90. The van der Waals surface area contributed by atoms with Crippen molar-refractivity contribution in [1.29, 1.82) is 0 Å². The Hall–Kier alpha value is -2.14. The molecule has 184 valence electrons. The highest BCUT2D eigenvalue weighted by Gasteiger charge is 2.46.